The molecule has 4 heteroatoms. The number of hydrogen-bond acceptors (Lipinski definition) is 3. The number of nitrogens with zero attached hydrogens (tertiary/aromatic N) is 1. The molecule has 0 bridgehead atoms. The number of carbonyl (C=O) groups excluding carboxylic acids is 1. The number of amides is 1. The first kappa shape index (κ1) is 9.51. The van der Waals surface area contributed by atoms with Crippen LogP contribution >= 0.6 is 0 Å². The average molecular weight is 179 g/mol. The molecule has 0 aliphatic carbocycles. The summed E-state index contributed by atoms with van der Waals surface area (Å²) < 4.78 is 0. The molecule has 1 amide bonds. The second-order valence-electron chi connectivity index (χ2n) is 2.70. The van der Waals surface area contributed by atoms with Crippen molar-refractivity contribution in [1.82, 2.24) is 10.3 Å². The molecule has 0 saturated heterocycles. The molecule has 0 aliphatic heterocycles. The fourth-order valence-electron chi connectivity index (χ4n) is 0.930. The quantitative estimate of drug-likeness (QED) is 0.721. The first-order chi connectivity index (χ1) is 6.25. The standard InChI is InChI=1S/C9H13N3O/c1-2-5-12-9(13)8-7(10)4-3-6-11-8/h3-4,6H,2,5,10H2,1H3,(H,12,13). The van der Waals surface area contributed by atoms with Crippen LogP contribution < -0.4 is 11.1 Å². The normalized spacial score (nSPS) is 9.62. The van der Waals surface area contributed by atoms with Gasteiger partial charge in [-0.15, -0.1) is 0 Å². The Bertz CT molecular complexity index is 299. The molecule has 13 heavy (non-hydrogen) atoms. The van der Waals surface area contributed by atoms with Crippen LogP contribution in [0.25, 0.3) is 0 Å². The van der Waals surface area contributed by atoms with Gasteiger partial charge in [0, 0.05) is 12.7 Å². The monoisotopic (exact) mass is 179 g/mol. The summed E-state index contributed by atoms with van der Waals surface area (Å²) in [7, 11) is 0. The number of nitrogens with two attached hydrogens (primary N) is 1. The van der Waals surface area contributed by atoms with Crippen molar-refractivity contribution < 1.29 is 4.79 Å². The fourth-order valence-corrected chi connectivity index (χ4v) is 0.930. The van der Waals surface area contributed by atoms with Crippen LogP contribution in [0.4, 0.5) is 5.69 Å². The van der Waals surface area contributed by atoms with Crippen molar-refractivity contribution in [3.05, 3.63) is 24.0 Å². The largest absolute Gasteiger partial charge is 0.397 e. The topological polar surface area (TPSA) is 68.0 Å². The Hall–Kier alpha value is -1.58. The van der Waals surface area contributed by atoms with Crippen LogP contribution in [-0.2, 0) is 0 Å². The SMILES string of the molecule is CCCNC(=O)c1ncccc1N. The molecule has 0 aliphatic rings. The first-order valence-electron chi connectivity index (χ1n) is 4.24. The Labute approximate surface area is 77.2 Å². The third-order valence-corrected chi connectivity index (χ3v) is 1.59. The Morgan fingerprint density at radius 1 is 1.69 bits per heavy atom. The van der Waals surface area contributed by atoms with E-state index in [-0.39, 0.29) is 5.91 Å². The molecule has 0 saturated carbocycles. The Balaban J connectivity index is 2.71. The van der Waals surface area contributed by atoms with E-state index in [0.717, 1.165) is 6.42 Å². The van der Waals surface area contributed by atoms with Gasteiger partial charge in [-0.05, 0) is 18.6 Å². The lowest BCUT2D eigenvalue weighted by Gasteiger charge is -2.04. The third-order valence-electron chi connectivity index (χ3n) is 1.59. The molecule has 1 heterocycles. The highest BCUT2D eigenvalue weighted by Crippen LogP contribution is 2.05. The summed E-state index contributed by atoms with van der Waals surface area (Å²) in [5, 5.41) is 2.71. The lowest BCUT2D eigenvalue weighted by molar-refractivity contribution is 0.0949. The Morgan fingerprint density at radius 3 is 3.08 bits per heavy atom. The van der Waals surface area contributed by atoms with E-state index in [2.05, 4.69) is 10.3 Å². The van der Waals surface area contributed by atoms with Gasteiger partial charge in [-0.25, -0.2) is 4.98 Å². The van der Waals surface area contributed by atoms with Crippen molar-refractivity contribution in [3.8, 4) is 0 Å². The van der Waals surface area contributed by atoms with Crippen molar-refractivity contribution in [2.45, 2.75) is 13.3 Å². The minimum atomic E-state index is -0.208. The van der Waals surface area contributed by atoms with Crippen molar-refractivity contribution in [3.63, 3.8) is 0 Å². The summed E-state index contributed by atoms with van der Waals surface area (Å²) in [6, 6.07) is 3.36. The van der Waals surface area contributed by atoms with Crippen LogP contribution in [0, 0.1) is 0 Å². The van der Waals surface area contributed by atoms with Gasteiger partial charge in [0.25, 0.3) is 5.91 Å². The zero-order chi connectivity index (χ0) is 9.68. The Morgan fingerprint density at radius 2 is 2.46 bits per heavy atom. The van der Waals surface area contributed by atoms with Crippen LogP contribution in [0.5, 0.6) is 0 Å². The second kappa shape index (κ2) is 4.45. The highest BCUT2D eigenvalue weighted by Gasteiger charge is 2.08. The maximum Gasteiger partial charge on any atom is 0.272 e. The molecule has 3 N–H and O–H groups in total. The molecule has 0 radical (unpaired) electrons. The Kier molecular flexibility index (Phi) is 3.25. The minimum Gasteiger partial charge on any atom is -0.397 e. The molecule has 0 fully saturated rings. The maximum absolute atomic E-state index is 11.4. The molecule has 0 atom stereocenters. The van der Waals surface area contributed by atoms with E-state index in [9.17, 15) is 4.79 Å². The van der Waals surface area contributed by atoms with E-state index < -0.39 is 0 Å². The molecule has 1 rings (SSSR count). The van der Waals surface area contributed by atoms with Gasteiger partial charge in [0.2, 0.25) is 0 Å². The van der Waals surface area contributed by atoms with Gasteiger partial charge in [0.15, 0.2) is 5.69 Å². The lowest BCUT2D eigenvalue weighted by atomic mass is 10.3. The number of pyridine rings is 1. The highest BCUT2D eigenvalue weighted by molar-refractivity contribution is 5.96. The van der Waals surface area contributed by atoms with Gasteiger partial charge >= 0.3 is 0 Å². The van der Waals surface area contributed by atoms with E-state index in [0.29, 0.717) is 17.9 Å². The van der Waals surface area contributed by atoms with Crippen LogP contribution in [0.3, 0.4) is 0 Å². The van der Waals surface area contributed by atoms with Gasteiger partial charge in [-0.1, -0.05) is 6.92 Å². The van der Waals surface area contributed by atoms with Gasteiger partial charge in [0.05, 0.1) is 5.69 Å². The van der Waals surface area contributed by atoms with Gasteiger partial charge in [-0.3, -0.25) is 4.79 Å². The minimum absolute atomic E-state index is 0.208. The van der Waals surface area contributed by atoms with Crippen molar-refractivity contribution in [2.75, 3.05) is 12.3 Å². The van der Waals surface area contributed by atoms with Gasteiger partial charge in [0.1, 0.15) is 0 Å². The average Bonchev–Trinajstić information content (AvgIpc) is 2.15. The molecule has 0 spiro atoms. The van der Waals surface area contributed by atoms with Gasteiger partial charge in [-0.2, -0.15) is 0 Å². The van der Waals surface area contributed by atoms with Crippen LogP contribution in [0.1, 0.15) is 23.8 Å². The molecular formula is C9H13N3O. The molecule has 1 aromatic heterocycles. The van der Waals surface area contributed by atoms with E-state index in [4.69, 9.17) is 5.73 Å². The molecule has 0 unspecified atom stereocenters. The fraction of sp³-hybridized carbons (Fsp3) is 0.333. The van der Waals surface area contributed by atoms with Crippen LogP contribution in [0.2, 0.25) is 0 Å². The summed E-state index contributed by atoms with van der Waals surface area (Å²) >= 11 is 0. The van der Waals surface area contributed by atoms with Crippen molar-refractivity contribution in [2.24, 2.45) is 0 Å². The molecule has 0 aromatic carbocycles. The van der Waals surface area contributed by atoms with Crippen LogP contribution in [0.15, 0.2) is 18.3 Å². The zero-order valence-corrected chi connectivity index (χ0v) is 7.58. The predicted molar refractivity (Wildman–Crippen MR) is 51.3 cm³/mol. The summed E-state index contributed by atoms with van der Waals surface area (Å²) in [6.45, 7) is 2.64. The summed E-state index contributed by atoms with van der Waals surface area (Å²) in [6.07, 6.45) is 2.45. The number of nitrogen functional groups attached to an aromatic ring is 1. The molecule has 70 valence electrons. The van der Waals surface area contributed by atoms with E-state index in [1.165, 1.54) is 0 Å². The van der Waals surface area contributed by atoms with E-state index in [1.807, 2.05) is 6.92 Å². The van der Waals surface area contributed by atoms with E-state index >= 15 is 0 Å². The highest BCUT2D eigenvalue weighted by atomic mass is 16.1. The van der Waals surface area contributed by atoms with Crippen molar-refractivity contribution in [1.29, 1.82) is 0 Å². The summed E-state index contributed by atoms with van der Waals surface area (Å²) in [4.78, 5) is 15.3. The zero-order valence-electron chi connectivity index (χ0n) is 7.58. The number of hydrogen-bond donors (Lipinski definition) is 2. The number of rotatable bonds is 3. The van der Waals surface area contributed by atoms with Crippen LogP contribution in [-0.4, -0.2) is 17.4 Å². The summed E-state index contributed by atoms with van der Waals surface area (Å²) in [5.41, 5.74) is 6.28. The third kappa shape index (κ3) is 2.43. The summed E-state index contributed by atoms with van der Waals surface area (Å²) in [5.74, 6) is -0.208. The number of anilines is 1. The molecule has 1 aromatic rings. The lowest BCUT2D eigenvalue weighted by Crippen LogP contribution is -2.25. The number of carbonyl (C=O) groups is 1. The predicted octanol–water partition coefficient (Wildman–Crippen LogP) is 0.804. The second-order valence-corrected chi connectivity index (χ2v) is 2.70. The molecule has 4 nitrogen and oxygen atoms in total. The first-order valence-corrected chi connectivity index (χ1v) is 4.24. The number of aromatic nitrogens is 1. The van der Waals surface area contributed by atoms with Gasteiger partial charge < -0.3 is 11.1 Å². The van der Waals surface area contributed by atoms with E-state index in [1.54, 1.807) is 18.3 Å². The number of nitrogens with one attached hydrogen (secondary N) is 1. The smallest absolute Gasteiger partial charge is 0.272 e. The van der Waals surface area contributed by atoms with Crippen molar-refractivity contribution >= 4 is 11.6 Å². The molecular weight excluding hydrogens is 166 g/mol. The maximum atomic E-state index is 11.4.